The van der Waals surface area contributed by atoms with E-state index in [1.807, 2.05) is 6.33 Å². The van der Waals surface area contributed by atoms with Crippen LogP contribution in [0.2, 0.25) is 0 Å². The first-order chi connectivity index (χ1) is 9.78. The number of ether oxygens (including phenoxy) is 1. The minimum Gasteiger partial charge on any atom is -0.381 e. The van der Waals surface area contributed by atoms with Crippen molar-refractivity contribution in [3.63, 3.8) is 0 Å². The molecule has 3 heterocycles. The van der Waals surface area contributed by atoms with Gasteiger partial charge in [-0.05, 0) is 29.3 Å². The summed E-state index contributed by atoms with van der Waals surface area (Å²) in [6.07, 6.45) is 1.93. The van der Waals surface area contributed by atoms with E-state index in [2.05, 4.69) is 45.2 Å². The Morgan fingerprint density at radius 2 is 2.40 bits per heavy atom. The fourth-order valence-electron chi connectivity index (χ4n) is 2.96. The van der Waals surface area contributed by atoms with Crippen molar-refractivity contribution in [1.82, 2.24) is 14.5 Å². The van der Waals surface area contributed by atoms with Gasteiger partial charge in [-0.2, -0.15) is 11.3 Å². The van der Waals surface area contributed by atoms with Gasteiger partial charge in [-0.15, -0.1) is 0 Å². The first-order valence-corrected chi connectivity index (χ1v) is 8.03. The highest BCUT2D eigenvalue weighted by molar-refractivity contribution is 7.07. The third kappa shape index (κ3) is 2.80. The topological polar surface area (TPSA) is 30.3 Å². The molecular formula is C15H21N3OS. The van der Waals surface area contributed by atoms with E-state index in [1.54, 1.807) is 11.3 Å². The van der Waals surface area contributed by atoms with E-state index in [0.29, 0.717) is 5.92 Å². The van der Waals surface area contributed by atoms with E-state index in [1.165, 1.54) is 17.0 Å². The van der Waals surface area contributed by atoms with Crippen LogP contribution in [0.4, 0.5) is 0 Å². The van der Waals surface area contributed by atoms with Crippen LogP contribution in [-0.4, -0.2) is 34.2 Å². The predicted molar refractivity (Wildman–Crippen MR) is 80.9 cm³/mol. The molecule has 1 aliphatic rings. The lowest BCUT2D eigenvalue weighted by Crippen LogP contribution is -2.35. The van der Waals surface area contributed by atoms with Crippen LogP contribution in [0.3, 0.4) is 0 Å². The smallest absolute Gasteiger partial charge is 0.0949 e. The maximum Gasteiger partial charge on any atom is 0.0949 e. The van der Waals surface area contributed by atoms with Gasteiger partial charge in [0.25, 0.3) is 0 Å². The van der Waals surface area contributed by atoms with Crippen LogP contribution in [0.15, 0.2) is 23.2 Å². The molecule has 108 valence electrons. The van der Waals surface area contributed by atoms with Crippen molar-refractivity contribution in [2.24, 2.45) is 7.05 Å². The van der Waals surface area contributed by atoms with Gasteiger partial charge >= 0.3 is 0 Å². The molecule has 2 aromatic rings. The van der Waals surface area contributed by atoms with Crippen molar-refractivity contribution < 1.29 is 4.74 Å². The second-order valence-electron chi connectivity index (χ2n) is 5.35. The molecule has 0 fully saturated rings. The minimum absolute atomic E-state index is 0.421. The fourth-order valence-corrected chi connectivity index (χ4v) is 3.62. The maximum absolute atomic E-state index is 5.67. The normalized spacial score (nSPS) is 19.2. The summed E-state index contributed by atoms with van der Waals surface area (Å²) in [6, 6.07) is 2.20. The van der Waals surface area contributed by atoms with Gasteiger partial charge in [-0.3, -0.25) is 4.90 Å². The zero-order valence-electron chi connectivity index (χ0n) is 12.1. The summed E-state index contributed by atoms with van der Waals surface area (Å²) in [5.74, 6) is 0.421. The summed E-state index contributed by atoms with van der Waals surface area (Å²) < 4.78 is 7.83. The molecule has 20 heavy (non-hydrogen) atoms. The van der Waals surface area contributed by atoms with Gasteiger partial charge in [-0.1, -0.05) is 0 Å². The summed E-state index contributed by atoms with van der Waals surface area (Å²) >= 11 is 1.76. The lowest BCUT2D eigenvalue weighted by molar-refractivity contribution is 0.102. The van der Waals surface area contributed by atoms with Crippen molar-refractivity contribution in [3.8, 4) is 0 Å². The van der Waals surface area contributed by atoms with Crippen LogP contribution < -0.4 is 0 Å². The molecule has 0 N–H and O–H groups in total. The van der Waals surface area contributed by atoms with Gasteiger partial charge in [0.2, 0.25) is 0 Å². The summed E-state index contributed by atoms with van der Waals surface area (Å²) in [6.45, 7) is 6.59. The minimum atomic E-state index is 0.421. The van der Waals surface area contributed by atoms with E-state index >= 15 is 0 Å². The van der Waals surface area contributed by atoms with Crippen LogP contribution in [0, 0.1) is 0 Å². The Labute approximate surface area is 124 Å². The van der Waals surface area contributed by atoms with Crippen molar-refractivity contribution in [2.75, 3.05) is 19.8 Å². The lowest BCUT2D eigenvalue weighted by atomic mass is 9.98. The van der Waals surface area contributed by atoms with Gasteiger partial charge in [0.15, 0.2) is 0 Å². The third-order valence-electron chi connectivity index (χ3n) is 3.81. The molecule has 0 radical (unpaired) electrons. The monoisotopic (exact) mass is 291 g/mol. The molecule has 0 saturated carbocycles. The summed E-state index contributed by atoms with van der Waals surface area (Å²) in [5.41, 5.74) is 3.95. The number of aromatic nitrogens is 2. The molecule has 0 amide bonds. The third-order valence-corrected chi connectivity index (χ3v) is 4.54. The molecule has 2 aromatic heterocycles. The van der Waals surface area contributed by atoms with E-state index in [9.17, 15) is 0 Å². The maximum atomic E-state index is 5.67. The average Bonchev–Trinajstić information content (AvgIpc) is 3.07. The molecule has 0 spiro atoms. The molecule has 1 aliphatic heterocycles. The Morgan fingerprint density at radius 1 is 1.50 bits per heavy atom. The van der Waals surface area contributed by atoms with Crippen LogP contribution >= 0.6 is 11.3 Å². The van der Waals surface area contributed by atoms with E-state index in [-0.39, 0.29) is 0 Å². The second kappa shape index (κ2) is 6.08. The molecule has 0 aliphatic carbocycles. The highest BCUT2D eigenvalue weighted by atomic mass is 32.1. The van der Waals surface area contributed by atoms with Crippen molar-refractivity contribution in [1.29, 1.82) is 0 Å². The number of hydrogen-bond donors (Lipinski definition) is 0. The molecular weight excluding hydrogens is 270 g/mol. The number of fused-ring (bicyclic) bond motifs is 1. The largest absolute Gasteiger partial charge is 0.381 e. The molecule has 1 atom stereocenters. The van der Waals surface area contributed by atoms with E-state index in [4.69, 9.17) is 4.74 Å². The fraction of sp³-hybridized carbons (Fsp3) is 0.533. The highest BCUT2D eigenvalue weighted by Gasteiger charge is 2.29. The van der Waals surface area contributed by atoms with Crippen LogP contribution in [-0.2, 0) is 24.9 Å². The zero-order chi connectivity index (χ0) is 13.9. The van der Waals surface area contributed by atoms with Gasteiger partial charge in [0.05, 0.1) is 18.6 Å². The summed E-state index contributed by atoms with van der Waals surface area (Å²) in [5, 5.41) is 4.37. The van der Waals surface area contributed by atoms with Crippen molar-refractivity contribution in [3.05, 3.63) is 40.1 Å². The van der Waals surface area contributed by atoms with Gasteiger partial charge in [-0.25, -0.2) is 4.98 Å². The molecule has 0 aromatic carbocycles. The number of aryl methyl sites for hydroxylation is 1. The highest BCUT2D eigenvalue weighted by Crippen LogP contribution is 2.28. The molecule has 4 nitrogen and oxygen atoms in total. The van der Waals surface area contributed by atoms with Crippen molar-refractivity contribution >= 4 is 11.3 Å². The quantitative estimate of drug-likeness (QED) is 0.848. The molecule has 0 bridgehead atoms. The molecule has 0 saturated heterocycles. The van der Waals surface area contributed by atoms with E-state index < -0.39 is 0 Å². The van der Waals surface area contributed by atoms with Crippen molar-refractivity contribution in [2.45, 2.75) is 25.9 Å². The molecule has 0 unspecified atom stereocenters. The summed E-state index contributed by atoms with van der Waals surface area (Å²) in [4.78, 5) is 7.04. The predicted octanol–water partition coefficient (Wildman–Crippen LogP) is 2.62. The first kappa shape index (κ1) is 13.8. The van der Waals surface area contributed by atoms with Crippen LogP contribution in [0.1, 0.15) is 29.8 Å². The second-order valence-corrected chi connectivity index (χ2v) is 6.13. The van der Waals surface area contributed by atoms with E-state index in [0.717, 1.165) is 32.8 Å². The number of hydrogen-bond acceptors (Lipinski definition) is 4. The van der Waals surface area contributed by atoms with Crippen LogP contribution in [0.25, 0.3) is 0 Å². The number of nitrogens with zero attached hydrogens (tertiary/aromatic N) is 3. The number of imidazole rings is 1. The Bertz CT molecular complexity index is 549. The van der Waals surface area contributed by atoms with Gasteiger partial charge < -0.3 is 9.30 Å². The van der Waals surface area contributed by atoms with Crippen LogP contribution in [0.5, 0.6) is 0 Å². The standard InChI is InChI=1S/C15H21N3OS/c1-3-19-9-13-7-18(6-12-4-5-20-10-12)8-14-15(13)17(2)11-16-14/h4-5,10-11,13H,3,6-9H2,1-2H3/t13-/m0/s1. The lowest BCUT2D eigenvalue weighted by Gasteiger charge is -2.32. The first-order valence-electron chi connectivity index (χ1n) is 7.09. The Kier molecular flexibility index (Phi) is 4.19. The SMILES string of the molecule is CCOC[C@@H]1CN(Cc2ccsc2)Cc2ncn(C)c21. The number of rotatable bonds is 5. The summed E-state index contributed by atoms with van der Waals surface area (Å²) in [7, 11) is 2.08. The zero-order valence-corrected chi connectivity index (χ0v) is 12.9. The Hall–Kier alpha value is -1.17. The average molecular weight is 291 g/mol. The molecule has 5 heteroatoms. The van der Waals surface area contributed by atoms with Gasteiger partial charge in [0, 0.05) is 44.9 Å². The van der Waals surface area contributed by atoms with Gasteiger partial charge in [0.1, 0.15) is 0 Å². The Morgan fingerprint density at radius 3 is 3.15 bits per heavy atom. The number of thiophene rings is 1. The molecule has 3 rings (SSSR count). The Balaban J connectivity index is 1.77.